The van der Waals surface area contributed by atoms with Gasteiger partial charge in [0.1, 0.15) is 65.7 Å². The van der Waals surface area contributed by atoms with E-state index < -0.39 is 74.1 Å². The summed E-state index contributed by atoms with van der Waals surface area (Å²) in [4.78, 5) is 0. The largest absolute Gasteiger partial charge is 0.508 e. The Hall–Kier alpha value is -3.38. The van der Waals surface area contributed by atoms with Crippen molar-refractivity contribution in [3.63, 3.8) is 0 Å². The van der Waals surface area contributed by atoms with Gasteiger partial charge in [-0.1, -0.05) is 6.07 Å². The molecule has 2 fully saturated rings. The zero-order valence-corrected chi connectivity index (χ0v) is 23.0. The minimum absolute atomic E-state index is 0.0534. The molecule has 2 aromatic carbocycles. The molecule has 0 spiro atoms. The molecule has 3 aliphatic heterocycles. The number of aliphatic hydroxyl groups is 6. The third kappa shape index (κ3) is 6.04. The molecule has 43 heavy (non-hydrogen) atoms. The molecule has 3 aliphatic rings. The average Bonchev–Trinajstić information content (AvgIpc) is 2.97. The van der Waals surface area contributed by atoms with Crippen molar-refractivity contribution in [2.75, 3.05) is 13.7 Å². The van der Waals surface area contributed by atoms with Gasteiger partial charge in [0.05, 0.1) is 25.4 Å². The Bertz CT molecular complexity index is 1330. The summed E-state index contributed by atoms with van der Waals surface area (Å²) < 4.78 is 33.7. The summed E-state index contributed by atoms with van der Waals surface area (Å²) in [6.45, 7) is 0.957. The van der Waals surface area contributed by atoms with Crippen molar-refractivity contribution in [3.05, 3.63) is 47.2 Å². The predicted molar refractivity (Wildman–Crippen MR) is 142 cm³/mol. The fraction of sp³-hybridized carbons (Fsp3) is 0.500. The van der Waals surface area contributed by atoms with Crippen LogP contribution >= 0.6 is 0 Å². The van der Waals surface area contributed by atoms with E-state index in [0.29, 0.717) is 5.56 Å². The van der Waals surface area contributed by atoms with Crippen LogP contribution < -0.4 is 9.47 Å². The molecule has 3 heterocycles. The maximum atomic E-state index is 10.7. The standard InChI is InChI=1S/C28H34O15/c1-10-20(32)22(34)24(36)27(40-10)39-9-19-21(33)23(35)25(37)28(43-19)42-18-8-13-14(30)6-12(29)7-17(13)41-26(18)11-3-4-16(38-2)15(31)5-11/h3-8,10,19-37H,9H2,1-2H3. The molecular weight excluding hydrogens is 576 g/mol. The molecule has 2 saturated heterocycles. The van der Waals surface area contributed by atoms with Crippen LogP contribution in [0, 0.1) is 0 Å². The molecule has 236 valence electrons. The molecule has 5 rings (SSSR count). The van der Waals surface area contributed by atoms with Crippen molar-refractivity contribution in [3.8, 4) is 28.7 Å². The van der Waals surface area contributed by atoms with Crippen molar-refractivity contribution in [1.29, 1.82) is 0 Å². The fourth-order valence-corrected chi connectivity index (χ4v) is 5.07. The number of aliphatic hydroxyl groups excluding tert-OH is 6. The van der Waals surface area contributed by atoms with E-state index in [-0.39, 0.29) is 40.1 Å². The van der Waals surface area contributed by atoms with E-state index in [9.17, 15) is 46.0 Å². The first kappa shape index (κ1) is 31.1. The number of benzene rings is 2. The molecular formula is C28H34O15. The van der Waals surface area contributed by atoms with Crippen molar-refractivity contribution in [1.82, 2.24) is 0 Å². The first-order valence-electron chi connectivity index (χ1n) is 13.4. The number of ether oxygens (including phenoxy) is 6. The van der Waals surface area contributed by atoms with Crippen LogP contribution in [0.3, 0.4) is 0 Å². The Morgan fingerprint density at radius 1 is 0.767 bits per heavy atom. The van der Waals surface area contributed by atoms with Crippen molar-refractivity contribution in [2.45, 2.75) is 74.4 Å². The van der Waals surface area contributed by atoms with Gasteiger partial charge < -0.3 is 74.4 Å². The van der Waals surface area contributed by atoms with Crippen LogP contribution in [0.4, 0.5) is 0 Å². The third-order valence-corrected chi connectivity index (χ3v) is 7.55. The van der Waals surface area contributed by atoms with Crippen LogP contribution in [0.1, 0.15) is 24.2 Å². The highest BCUT2D eigenvalue weighted by Crippen LogP contribution is 2.45. The Labute approximate surface area is 244 Å². The van der Waals surface area contributed by atoms with Crippen LogP contribution in [-0.4, -0.2) is 121 Å². The molecule has 11 unspecified atom stereocenters. The Kier molecular flexibility index (Phi) is 8.89. The molecule has 15 heteroatoms. The van der Waals surface area contributed by atoms with E-state index in [1.54, 1.807) is 6.07 Å². The van der Waals surface area contributed by atoms with Crippen molar-refractivity contribution < 1.29 is 74.4 Å². The first-order chi connectivity index (χ1) is 20.4. The highest BCUT2D eigenvalue weighted by Gasteiger charge is 2.48. The minimum atomic E-state index is -1.79. The van der Waals surface area contributed by atoms with E-state index in [4.69, 9.17) is 28.4 Å². The molecule has 9 N–H and O–H groups in total. The summed E-state index contributed by atoms with van der Waals surface area (Å²) in [6, 6.07) is 6.70. The zero-order chi connectivity index (χ0) is 31.2. The van der Waals surface area contributed by atoms with Gasteiger partial charge in [-0.2, -0.15) is 0 Å². The lowest BCUT2D eigenvalue weighted by Gasteiger charge is -2.43. The monoisotopic (exact) mass is 610 g/mol. The SMILES string of the molecule is COc1ccc(C2Oc3cc(O)cc(O)c3C=C2OC2OC(COC3OC(C)C(O)C(O)C3O)C(O)C(O)C2O)cc1O. The van der Waals surface area contributed by atoms with Gasteiger partial charge >= 0.3 is 0 Å². The summed E-state index contributed by atoms with van der Waals surface area (Å²) in [5.74, 6) is -0.661. The lowest BCUT2D eigenvalue weighted by atomic mass is 9.98. The Morgan fingerprint density at radius 2 is 1.47 bits per heavy atom. The fourth-order valence-electron chi connectivity index (χ4n) is 5.07. The number of rotatable bonds is 7. The Balaban J connectivity index is 1.40. The lowest BCUT2D eigenvalue weighted by molar-refractivity contribution is -0.324. The maximum absolute atomic E-state index is 10.7. The second-order valence-corrected chi connectivity index (χ2v) is 10.5. The van der Waals surface area contributed by atoms with E-state index in [1.165, 1.54) is 38.3 Å². The topological polar surface area (TPSA) is 237 Å². The van der Waals surface area contributed by atoms with Gasteiger partial charge in [0.2, 0.25) is 6.29 Å². The predicted octanol–water partition coefficient (Wildman–Crippen LogP) is -1.05. The van der Waals surface area contributed by atoms with E-state index in [1.807, 2.05) is 0 Å². The molecule has 0 radical (unpaired) electrons. The molecule has 0 bridgehead atoms. The van der Waals surface area contributed by atoms with Crippen LogP contribution in [0.2, 0.25) is 0 Å². The summed E-state index contributed by atoms with van der Waals surface area (Å²) in [7, 11) is 1.37. The smallest absolute Gasteiger partial charge is 0.228 e. The first-order valence-corrected chi connectivity index (χ1v) is 13.4. The second-order valence-electron chi connectivity index (χ2n) is 10.5. The van der Waals surface area contributed by atoms with Crippen LogP contribution in [0.5, 0.6) is 28.7 Å². The third-order valence-electron chi connectivity index (χ3n) is 7.55. The number of hydrogen-bond donors (Lipinski definition) is 9. The van der Waals surface area contributed by atoms with Gasteiger partial charge in [-0.25, -0.2) is 0 Å². The second kappa shape index (κ2) is 12.3. The number of aromatic hydroxyl groups is 3. The molecule has 0 aromatic heterocycles. The number of phenolic OH excluding ortho intramolecular Hbond substituents is 3. The van der Waals surface area contributed by atoms with Crippen molar-refractivity contribution >= 4 is 6.08 Å². The highest BCUT2D eigenvalue weighted by molar-refractivity contribution is 5.69. The molecule has 15 nitrogen and oxygen atoms in total. The maximum Gasteiger partial charge on any atom is 0.228 e. The van der Waals surface area contributed by atoms with Gasteiger partial charge in [0, 0.05) is 17.7 Å². The Morgan fingerprint density at radius 3 is 2.16 bits per heavy atom. The van der Waals surface area contributed by atoms with Gasteiger partial charge in [-0.05, 0) is 25.1 Å². The molecule has 2 aromatic rings. The molecule has 0 amide bonds. The van der Waals surface area contributed by atoms with E-state index in [2.05, 4.69) is 0 Å². The number of phenols is 3. The highest BCUT2D eigenvalue weighted by atomic mass is 16.7. The zero-order valence-electron chi connectivity index (χ0n) is 23.0. The summed E-state index contributed by atoms with van der Waals surface area (Å²) in [6.07, 6.45) is -14.9. The van der Waals surface area contributed by atoms with Crippen LogP contribution in [-0.2, 0) is 18.9 Å². The lowest BCUT2D eigenvalue weighted by Crippen LogP contribution is -2.61. The van der Waals surface area contributed by atoms with Gasteiger partial charge in [0.25, 0.3) is 0 Å². The number of fused-ring (bicyclic) bond motifs is 1. The van der Waals surface area contributed by atoms with Crippen molar-refractivity contribution in [2.24, 2.45) is 0 Å². The summed E-state index contributed by atoms with van der Waals surface area (Å²) in [5, 5.41) is 92.8. The molecule has 0 aliphatic carbocycles. The minimum Gasteiger partial charge on any atom is -0.508 e. The molecule has 0 saturated carbocycles. The molecule has 11 atom stereocenters. The van der Waals surface area contributed by atoms with E-state index >= 15 is 0 Å². The number of hydrogen-bond acceptors (Lipinski definition) is 15. The van der Waals surface area contributed by atoms with Gasteiger partial charge in [0.15, 0.2) is 23.9 Å². The number of methoxy groups -OCH3 is 1. The van der Waals surface area contributed by atoms with Crippen LogP contribution in [0.25, 0.3) is 6.08 Å². The van der Waals surface area contributed by atoms with Crippen LogP contribution in [0.15, 0.2) is 36.1 Å². The van der Waals surface area contributed by atoms with Gasteiger partial charge in [-0.15, -0.1) is 0 Å². The average molecular weight is 611 g/mol. The van der Waals surface area contributed by atoms with Gasteiger partial charge in [-0.3, -0.25) is 0 Å². The summed E-state index contributed by atoms with van der Waals surface area (Å²) >= 11 is 0. The quantitative estimate of drug-likeness (QED) is 0.182. The summed E-state index contributed by atoms with van der Waals surface area (Å²) in [5.41, 5.74) is 0.452. The van der Waals surface area contributed by atoms with E-state index in [0.717, 1.165) is 6.07 Å². The normalized spacial score (nSPS) is 35.8.